The summed E-state index contributed by atoms with van der Waals surface area (Å²) >= 11 is 1.31. The van der Waals surface area contributed by atoms with Gasteiger partial charge in [0.05, 0.1) is 22.2 Å². The summed E-state index contributed by atoms with van der Waals surface area (Å²) in [5.41, 5.74) is 3.23. The van der Waals surface area contributed by atoms with Crippen molar-refractivity contribution in [2.24, 2.45) is 10.9 Å². The number of piperidine rings is 1. The summed E-state index contributed by atoms with van der Waals surface area (Å²) in [7, 11) is -2.29. The maximum Gasteiger partial charge on any atom is 0.325 e. The first-order valence-corrected chi connectivity index (χ1v) is 13.7. The molecule has 1 fully saturated rings. The van der Waals surface area contributed by atoms with E-state index in [2.05, 4.69) is 4.99 Å². The van der Waals surface area contributed by atoms with Gasteiger partial charge in [0.1, 0.15) is 6.54 Å². The van der Waals surface area contributed by atoms with Crippen LogP contribution in [-0.2, 0) is 26.1 Å². The Hall–Kier alpha value is -2.82. The van der Waals surface area contributed by atoms with Crippen LogP contribution in [0.4, 0.5) is 0 Å². The SMILES string of the molecule is COC(=O)Cn1c(=NC(=O)c2ccc(S(=O)(=O)N3CCCC(C)C3)cc2)sc2cc(C)c(C)cc21. The summed E-state index contributed by atoms with van der Waals surface area (Å²) in [6, 6.07) is 9.86. The standard InChI is InChI=1S/C25H29N3O5S2/c1-16-6-5-11-27(14-16)35(31,32)20-9-7-19(8-10-20)24(30)26-25-28(15-23(29)33-4)21-12-17(2)18(3)13-22(21)34-25/h7-10,12-13,16H,5-6,11,14-15H2,1-4H3. The summed E-state index contributed by atoms with van der Waals surface area (Å²) in [5.74, 6) is -0.638. The van der Waals surface area contributed by atoms with Gasteiger partial charge in [-0.2, -0.15) is 9.30 Å². The number of aryl methyl sites for hydroxylation is 2. The van der Waals surface area contributed by atoms with Crippen molar-refractivity contribution in [3.63, 3.8) is 0 Å². The van der Waals surface area contributed by atoms with Crippen LogP contribution in [0, 0.1) is 19.8 Å². The molecule has 4 rings (SSSR count). The van der Waals surface area contributed by atoms with Gasteiger partial charge in [-0.15, -0.1) is 0 Å². The molecular weight excluding hydrogens is 486 g/mol. The summed E-state index contributed by atoms with van der Waals surface area (Å²) in [4.78, 5) is 29.8. The van der Waals surface area contributed by atoms with Crippen LogP contribution in [0.3, 0.4) is 0 Å². The van der Waals surface area contributed by atoms with E-state index in [9.17, 15) is 18.0 Å². The number of esters is 1. The Morgan fingerprint density at radius 3 is 2.49 bits per heavy atom. The van der Waals surface area contributed by atoms with Gasteiger partial charge in [-0.3, -0.25) is 9.59 Å². The number of benzene rings is 2. The number of amides is 1. The van der Waals surface area contributed by atoms with Crippen LogP contribution in [0.1, 0.15) is 41.3 Å². The molecule has 1 aliphatic heterocycles. The zero-order valence-corrected chi connectivity index (χ0v) is 21.9. The Labute approximate surface area is 208 Å². The molecular formula is C25H29N3O5S2. The number of rotatable bonds is 5. The van der Waals surface area contributed by atoms with Gasteiger partial charge in [0, 0.05) is 18.7 Å². The molecule has 10 heteroatoms. The number of carbonyl (C=O) groups is 2. The molecule has 1 aliphatic rings. The quantitative estimate of drug-likeness (QED) is 0.483. The first-order valence-electron chi connectivity index (χ1n) is 11.5. The van der Waals surface area contributed by atoms with E-state index < -0.39 is 21.9 Å². The third-order valence-corrected chi connectivity index (χ3v) is 9.29. The Morgan fingerprint density at radius 1 is 1.14 bits per heavy atom. The molecule has 1 saturated heterocycles. The molecule has 2 aromatic carbocycles. The van der Waals surface area contributed by atoms with Gasteiger partial charge in [0.2, 0.25) is 10.0 Å². The highest BCUT2D eigenvalue weighted by Gasteiger charge is 2.28. The lowest BCUT2D eigenvalue weighted by Crippen LogP contribution is -2.39. The minimum atomic E-state index is -3.61. The van der Waals surface area contributed by atoms with Crippen molar-refractivity contribution in [3.05, 3.63) is 57.9 Å². The van der Waals surface area contributed by atoms with Crippen molar-refractivity contribution in [1.82, 2.24) is 8.87 Å². The van der Waals surface area contributed by atoms with Crippen molar-refractivity contribution in [2.45, 2.75) is 45.1 Å². The number of hydrogen-bond donors (Lipinski definition) is 0. The maximum atomic E-state index is 13.0. The molecule has 1 unspecified atom stereocenters. The van der Waals surface area contributed by atoms with E-state index in [1.165, 1.54) is 47.0 Å². The lowest BCUT2D eigenvalue weighted by molar-refractivity contribution is -0.141. The minimum Gasteiger partial charge on any atom is -0.468 e. The number of sulfonamides is 1. The number of aromatic nitrogens is 1. The zero-order valence-electron chi connectivity index (χ0n) is 20.3. The van der Waals surface area contributed by atoms with E-state index in [4.69, 9.17) is 4.74 Å². The topological polar surface area (TPSA) is 98.0 Å². The van der Waals surface area contributed by atoms with Crippen molar-refractivity contribution in [3.8, 4) is 0 Å². The van der Waals surface area contributed by atoms with Crippen LogP contribution in [0.25, 0.3) is 10.2 Å². The highest BCUT2D eigenvalue weighted by Crippen LogP contribution is 2.24. The first kappa shape index (κ1) is 25.3. The van der Waals surface area contributed by atoms with Crippen LogP contribution in [0.2, 0.25) is 0 Å². The molecule has 0 saturated carbocycles. The molecule has 8 nitrogen and oxygen atoms in total. The Morgan fingerprint density at radius 2 is 1.83 bits per heavy atom. The number of thiazole rings is 1. The van der Waals surface area contributed by atoms with Gasteiger partial charge in [0.15, 0.2) is 4.80 Å². The third-order valence-electron chi connectivity index (χ3n) is 6.37. The first-order chi connectivity index (χ1) is 16.6. The fourth-order valence-electron chi connectivity index (χ4n) is 4.19. The Balaban J connectivity index is 1.68. The monoisotopic (exact) mass is 515 g/mol. The average molecular weight is 516 g/mol. The van der Waals surface area contributed by atoms with Gasteiger partial charge >= 0.3 is 5.97 Å². The summed E-state index contributed by atoms with van der Waals surface area (Å²) in [6.45, 7) is 6.97. The number of methoxy groups -OCH3 is 1. The highest BCUT2D eigenvalue weighted by molar-refractivity contribution is 7.89. The second-order valence-electron chi connectivity index (χ2n) is 9.00. The number of hydrogen-bond acceptors (Lipinski definition) is 6. The summed E-state index contributed by atoms with van der Waals surface area (Å²) < 4.78 is 34.9. The summed E-state index contributed by atoms with van der Waals surface area (Å²) in [5, 5.41) is 0. The molecule has 0 aliphatic carbocycles. The third kappa shape index (κ3) is 5.24. The molecule has 35 heavy (non-hydrogen) atoms. The molecule has 0 spiro atoms. The smallest absolute Gasteiger partial charge is 0.325 e. The van der Waals surface area contributed by atoms with Gasteiger partial charge in [-0.05, 0) is 80.1 Å². The van der Waals surface area contributed by atoms with E-state index >= 15 is 0 Å². The maximum absolute atomic E-state index is 13.0. The van der Waals surface area contributed by atoms with Crippen molar-refractivity contribution >= 4 is 43.5 Å². The van der Waals surface area contributed by atoms with Crippen LogP contribution in [0.15, 0.2) is 46.3 Å². The second kappa shape index (κ2) is 10.0. The Bertz CT molecular complexity index is 1450. The lowest BCUT2D eigenvalue weighted by Gasteiger charge is -2.30. The van der Waals surface area contributed by atoms with E-state index in [1.807, 2.05) is 32.9 Å². The van der Waals surface area contributed by atoms with Crippen LogP contribution in [-0.4, -0.2) is 49.4 Å². The molecule has 3 aromatic rings. The highest BCUT2D eigenvalue weighted by atomic mass is 32.2. The average Bonchev–Trinajstić information content (AvgIpc) is 3.14. The zero-order chi connectivity index (χ0) is 25.3. The van der Waals surface area contributed by atoms with Crippen molar-refractivity contribution < 1.29 is 22.7 Å². The van der Waals surface area contributed by atoms with E-state index in [-0.39, 0.29) is 17.0 Å². The van der Waals surface area contributed by atoms with Crippen LogP contribution < -0.4 is 4.80 Å². The molecule has 1 amide bonds. The van der Waals surface area contributed by atoms with Crippen LogP contribution in [0.5, 0.6) is 0 Å². The van der Waals surface area contributed by atoms with E-state index in [0.717, 1.165) is 34.2 Å². The molecule has 0 N–H and O–H groups in total. The molecule has 0 radical (unpaired) electrons. The predicted octanol–water partition coefficient (Wildman–Crippen LogP) is 3.65. The number of carbonyl (C=O) groups excluding carboxylic acids is 2. The number of nitrogens with zero attached hydrogens (tertiary/aromatic N) is 3. The van der Waals surface area contributed by atoms with Gasteiger partial charge in [-0.25, -0.2) is 8.42 Å². The van der Waals surface area contributed by atoms with Gasteiger partial charge in [-0.1, -0.05) is 18.3 Å². The number of ether oxygens (including phenoxy) is 1. The normalized spacial score (nSPS) is 17.6. The molecule has 1 aromatic heterocycles. The molecule has 0 bridgehead atoms. The molecule has 186 valence electrons. The fourth-order valence-corrected chi connectivity index (χ4v) is 6.89. The van der Waals surface area contributed by atoms with Crippen molar-refractivity contribution in [2.75, 3.05) is 20.2 Å². The van der Waals surface area contributed by atoms with Crippen molar-refractivity contribution in [1.29, 1.82) is 0 Å². The van der Waals surface area contributed by atoms with E-state index in [0.29, 0.717) is 23.8 Å². The fraction of sp³-hybridized carbons (Fsp3) is 0.400. The minimum absolute atomic E-state index is 0.0729. The van der Waals surface area contributed by atoms with Crippen LogP contribution >= 0.6 is 11.3 Å². The molecule has 1 atom stereocenters. The molecule has 2 heterocycles. The largest absolute Gasteiger partial charge is 0.468 e. The second-order valence-corrected chi connectivity index (χ2v) is 11.9. The summed E-state index contributed by atoms with van der Waals surface area (Å²) in [6.07, 6.45) is 1.86. The number of fused-ring (bicyclic) bond motifs is 1. The lowest BCUT2D eigenvalue weighted by atomic mass is 10.0. The Kier molecular flexibility index (Phi) is 7.25. The van der Waals surface area contributed by atoms with Gasteiger partial charge < -0.3 is 9.30 Å². The predicted molar refractivity (Wildman–Crippen MR) is 135 cm³/mol. The van der Waals surface area contributed by atoms with E-state index in [1.54, 1.807) is 4.57 Å². The van der Waals surface area contributed by atoms with Gasteiger partial charge in [0.25, 0.3) is 5.91 Å².